The van der Waals surface area contributed by atoms with E-state index in [0.29, 0.717) is 17.8 Å². The van der Waals surface area contributed by atoms with E-state index in [-0.39, 0.29) is 16.9 Å². The third kappa shape index (κ3) is 3.52. The van der Waals surface area contributed by atoms with E-state index in [1.54, 1.807) is 17.0 Å². The monoisotopic (exact) mass is 343 g/mol. The number of benzene rings is 1. The van der Waals surface area contributed by atoms with Gasteiger partial charge in [0.25, 0.3) is 0 Å². The number of amides is 3. The Kier molecular flexibility index (Phi) is 4.09. The van der Waals surface area contributed by atoms with Gasteiger partial charge in [0.2, 0.25) is 5.91 Å². The molecule has 25 heavy (non-hydrogen) atoms. The fraction of sp³-hybridized carbons (Fsp3) is 0.526. The van der Waals surface area contributed by atoms with Crippen molar-refractivity contribution in [1.29, 1.82) is 0 Å². The van der Waals surface area contributed by atoms with Crippen molar-refractivity contribution in [2.45, 2.75) is 46.1 Å². The molecule has 2 bridgehead atoms. The minimum absolute atomic E-state index is 0.0888. The van der Waals surface area contributed by atoms with E-state index in [1.165, 1.54) is 12.1 Å². The maximum absolute atomic E-state index is 12.7. The topological polar surface area (TPSA) is 92.5 Å². The highest BCUT2D eigenvalue weighted by atomic mass is 16.2. The molecule has 1 aliphatic carbocycles. The van der Waals surface area contributed by atoms with E-state index in [4.69, 9.17) is 5.73 Å². The van der Waals surface area contributed by atoms with E-state index in [2.05, 4.69) is 26.1 Å². The fourth-order valence-corrected chi connectivity index (χ4v) is 4.73. The van der Waals surface area contributed by atoms with Crippen molar-refractivity contribution in [3.05, 3.63) is 29.8 Å². The van der Waals surface area contributed by atoms with Gasteiger partial charge in [0, 0.05) is 23.8 Å². The third-order valence-electron chi connectivity index (χ3n) is 5.30. The van der Waals surface area contributed by atoms with Crippen LogP contribution >= 0.6 is 0 Å². The Bertz CT molecular complexity index is 726. The smallest absolute Gasteiger partial charge is 0.313 e. The van der Waals surface area contributed by atoms with Crippen molar-refractivity contribution < 1.29 is 14.4 Å². The van der Waals surface area contributed by atoms with Gasteiger partial charge in [-0.3, -0.25) is 14.4 Å². The Hall–Kier alpha value is -2.37. The number of primary amides is 1. The molecule has 1 aliphatic heterocycles. The van der Waals surface area contributed by atoms with Gasteiger partial charge in [-0.25, -0.2) is 0 Å². The quantitative estimate of drug-likeness (QED) is 0.806. The van der Waals surface area contributed by atoms with Gasteiger partial charge in [-0.15, -0.1) is 0 Å². The molecule has 1 saturated carbocycles. The van der Waals surface area contributed by atoms with E-state index in [1.807, 2.05) is 0 Å². The van der Waals surface area contributed by atoms with Crippen LogP contribution in [0.2, 0.25) is 0 Å². The molecule has 3 rings (SSSR count). The summed E-state index contributed by atoms with van der Waals surface area (Å²) in [5.41, 5.74) is 6.29. The van der Waals surface area contributed by atoms with E-state index in [0.717, 1.165) is 19.3 Å². The second-order valence-electron chi connectivity index (χ2n) is 8.54. The zero-order chi connectivity index (χ0) is 18.4. The predicted molar refractivity (Wildman–Crippen MR) is 94.8 cm³/mol. The highest BCUT2D eigenvalue weighted by Crippen LogP contribution is 2.52. The zero-order valence-corrected chi connectivity index (χ0v) is 15.0. The number of nitrogens with two attached hydrogens (primary N) is 1. The highest BCUT2D eigenvalue weighted by Gasteiger charge is 2.51. The summed E-state index contributed by atoms with van der Waals surface area (Å²) in [5, 5.41) is 2.62. The highest BCUT2D eigenvalue weighted by molar-refractivity contribution is 6.39. The van der Waals surface area contributed by atoms with Gasteiger partial charge in [0.15, 0.2) is 0 Å². The van der Waals surface area contributed by atoms with Gasteiger partial charge in [-0.1, -0.05) is 20.8 Å². The second kappa shape index (κ2) is 5.86. The van der Waals surface area contributed by atoms with Crippen molar-refractivity contribution in [1.82, 2.24) is 4.90 Å². The number of hydrogen-bond donors (Lipinski definition) is 2. The van der Waals surface area contributed by atoms with Crippen molar-refractivity contribution in [3.63, 3.8) is 0 Å². The summed E-state index contributed by atoms with van der Waals surface area (Å²) in [6.07, 6.45) is 2.95. The van der Waals surface area contributed by atoms with Crippen molar-refractivity contribution >= 4 is 23.4 Å². The predicted octanol–water partition coefficient (Wildman–Crippen LogP) is 2.15. The summed E-state index contributed by atoms with van der Waals surface area (Å²) >= 11 is 0. The molecule has 0 aromatic heterocycles. The van der Waals surface area contributed by atoms with Crippen LogP contribution in [-0.4, -0.2) is 35.2 Å². The summed E-state index contributed by atoms with van der Waals surface area (Å²) in [6.45, 7) is 7.29. The molecule has 2 aliphatic rings. The summed E-state index contributed by atoms with van der Waals surface area (Å²) in [4.78, 5) is 37.9. The lowest BCUT2D eigenvalue weighted by Crippen LogP contribution is -2.43. The van der Waals surface area contributed by atoms with Gasteiger partial charge >= 0.3 is 11.8 Å². The van der Waals surface area contributed by atoms with Crippen LogP contribution in [0.4, 0.5) is 5.69 Å². The molecule has 2 atom stereocenters. The molecule has 1 aromatic rings. The van der Waals surface area contributed by atoms with Crippen LogP contribution in [0.1, 0.15) is 50.4 Å². The molecule has 2 unspecified atom stereocenters. The third-order valence-corrected chi connectivity index (χ3v) is 5.30. The van der Waals surface area contributed by atoms with Gasteiger partial charge in [-0.2, -0.15) is 0 Å². The Morgan fingerprint density at radius 2 is 1.76 bits per heavy atom. The SMILES string of the molecule is CC1(C)CC2CC(C)(CN2C(=O)C(=O)Nc2ccc(C(N)=O)cc2)C1. The molecular formula is C19H25N3O3. The zero-order valence-electron chi connectivity index (χ0n) is 15.0. The Balaban J connectivity index is 1.69. The first-order valence-electron chi connectivity index (χ1n) is 8.60. The summed E-state index contributed by atoms with van der Waals surface area (Å²) in [5.74, 6) is -1.65. The van der Waals surface area contributed by atoms with Gasteiger partial charge < -0.3 is 16.0 Å². The van der Waals surface area contributed by atoms with E-state index in [9.17, 15) is 14.4 Å². The van der Waals surface area contributed by atoms with E-state index < -0.39 is 17.7 Å². The average Bonchev–Trinajstić information content (AvgIpc) is 2.76. The summed E-state index contributed by atoms with van der Waals surface area (Å²) in [7, 11) is 0. The maximum Gasteiger partial charge on any atom is 0.313 e. The molecular weight excluding hydrogens is 318 g/mol. The first kappa shape index (κ1) is 17.5. The number of rotatable bonds is 2. The molecule has 3 N–H and O–H groups in total. The Morgan fingerprint density at radius 3 is 2.36 bits per heavy atom. The van der Waals surface area contributed by atoms with Crippen LogP contribution in [0.25, 0.3) is 0 Å². The number of likely N-dealkylation sites (tertiary alicyclic amines) is 1. The van der Waals surface area contributed by atoms with Crippen LogP contribution in [0.5, 0.6) is 0 Å². The standard InChI is InChI=1S/C19H25N3O3/c1-18(2)8-14-9-19(3,10-18)11-22(14)17(25)16(24)21-13-6-4-12(5-7-13)15(20)23/h4-7,14H,8-11H2,1-3H3,(H2,20,23)(H,21,24). The molecule has 0 spiro atoms. The number of anilines is 1. The van der Waals surface area contributed by atoms with Gasteiger partial charge in [0.1, 0.15) is 0 Å². The number of nitrogens with zero attached hydrogens (tertiary/aromatic N) is 1. The molecule has 3 amide bonds. The van der Waals surface area contributed by atoms with Crippen LogP contribution in [-0.2, 0) is 9.59 Å². The first-order valence-corrected chi connectivity index (χ1v) is 8.60. The maximum atomic E-state index is 12.7. The molecule has 6 nitrogen and oxygen atoms in total. The number of fused-ring (bicyclic) bond motifs is 2. The van der Waals surface area contributed by atoms with E-state index >= 15 is 0 Å². The van der Waals surface area contributed by atoms with Crippen LogP contribution in [0, 0.1) is 10.8 Å². The van der Waals surface area contributed by atoms with Crippen LogP contribution in [0.3, 0.4) is 0 Å². The number of carbonyl (C=O) groups excluding carboxylic acids is 3. The molecule has 6 heteroatoms. The number of hydrogen-bond acceptors (Lipinski definition) is 3. The molecule has 1 heterocycles. The minimum Gasteiger partial charge on any atom is -0.366 e. The van der Waals surface area contributed by atoms with Crippen LogP contribution in [0.15, 0.2) is 24.3 Å². The Morgan fingerprint density at radius 1 is 1.12 bits per heavy atom. The molecule has 1 aromatic carbocycles. The van der Waals surface area contributed by atoms with Gasteiger partial charge in [0.05, 0.1) is 0 Å². The minimum atomic E-state index is -0.638. The second-order valence-corrected chi connectivity index (χ2v) is 8.54. The first-order chi connectivity index (χ1) is 11.6. The normalized spacial score (nSPS) is 27.0. The summed E-state index contributed by atoms with van der Waals surface area (Å²) in [6, 6.07) is 6.31. The summed E-state index contributed by atoms with van der Waals surface area (Å²) < 4.78 is 0. The lowest BCUT2D eigenvalue weighted by atomic mass is 9.65. The molecule has 2 fully saturated rings. The molecule has 0 radical (unpaired) electrons. The van der Waals surface area contributed by atoms with Crippen molar-refractivity contribution in [2.75, 3.05) is 11.9 Å². The number of nitrogens with one attached hydrogen (secondary N) is 1. The van der Waals surface area contributed by atoms with Gasteiger partial charge in [-0.05, 0) is 54.4 Å². The lowest BCUT2D eigenvalue weighted by Gasteiger charge is -2.39. The Labute approximate surface area is 147 Å². The fourth-order valence-electron chi connectivity index (χ4n) is 4.73. The lowest BCUT2D eigenvalue weighted by molar-refractivity contribution is -0.144. The average molecular weight is 343 g/mol. The molecule has 134 valence electrons. The van der Waals surface area contributed by atoms with Crippen molar-refractivity contribution in [2.24, 2.45) is 16.6 Å². The molecule has 1 saturated heterocycles. The number of carbonyl (C=O) groups is 3. The van der Waals surface area contributed by atoms with Crippen molar-refractivity contribution in [3.8, 4) is 0 Å². The largest absolute Gasteiger partial charge is 0.366 e. The van der Waals surface area contributed by atoms with Crippen LogP contribution < -0.4 is 11.1 Å².